The first-order valence-electron chi connectivity index (χ1n) is 7.73. The molecule has 5 nitrogen and oxygen atoms in total. The molecule has 1 amide bonds. The first-order chi connectivity index (χ1) is 11.3. The van der Waals surface area contributed by atoms with Crippen molar-refractivity contribution < 1.29 is 18.0 Å². The molecule has 1 aromatic heterocycles. The van der Waals surface area contributed by atoms with Gasteiger partial charge in [-0.25, -0.2) is 4.98 Å². The molecule has 0 spiro atoms. The number of anilines is 1. The molecule has 1 aliphatic heterocycles. The van der Waals surface area contributed by atoms with Crippen LogP contribution < -0.4 is 10.6 Å². The van der Waals surface area contributed by atoms with E-state index in [0.29, 0.717) is 0 Å². The fourth-order valence-electron chi connectivity index (χ4n) is 2.77. The molecular formula is C15H22Cl3F3N4O. The van der Waals surface area contributed by atoms with Crippen molar-refractivity contribution in [3.63, 3.8) is 0 Å². The van der Waals surface area contributed by atoms with Gasteiger partial charge in [0, 0.05) is 38.3 Å². The van der Waals surface area contributed by atoms with Gasteiger partial charge in [0.25, 0.3) is 0 Å². The molecule has 2 heterocycles. The average molecular weight is 438 g/mol. The summed E-state index contributed by atoms with van der Waals surface area (Å²) in [6.45, 7) is 1.76. The Morgan fingerprint density at radius 3 is 2.69 bits per heavy atom. The molecule has 1 aliphatic rings. The standard InChI is InChI=1S/C15H20ClF3N4O.2ClH/c1-20-9-11-3-2-6-23(11)13(24)4-5-21-14-12(16)7-10(8-22-14)15(17,18)19;;/h7-8,11,20H,2-6,9H2,1H3,(H,21,22);2*1H. The van der Waals surface area contributed by atoms with Gasteiger partial charge in [0.05, 0.1) is 10.6 Å². The van der Waals surface area contributed by atoms with Crippen molar-refractivity contribution in [1.82, 2.24) is 15.2 Å². The van der Waals surface area contributed by atoms with Gasteiger partial charge in [0.15, 0.2) is 0 Å². The predicted molar refractivity (Wildman–Crippen MR) is 101 cm³/mol. The van der Waals surface area contributed by atoms with Crippen molar-refractivity contribution in [2.45, 2.75) is 31.5 Å². The Labute approximate surface area is 167 Å². The topological polar surface area (TPSA) is 57.3 Å². The third kappa shape index (κ3) is 6.64. The highest BCUT2D eigenvalue weighted by Crippen LogP contribution is 2.32. The lowest BCUT2D eigenvalue weighted by Crippen LogP contribution is -2.41. The van der Waals surface area contributed by atoms with Gasteiger partial charge in [-0.3, -0.25) is 4.79 Å². The number of alkyl halides is 3. The molecule has 0 bridgehead atoms. The van der Waals surface area contributed by atoms with Gasteiger partial charge in [0.1, 0.15) is 5.82 Å². The van der Waals surface area contributed by atoms with Crippen molar-refractivity contribution in [1.29, 1.82) is 0 Å². The molecule has 1 fully saturated rings. The molecule has 1 aromatic rings. The number of aromatic nitrogens is 1. The third-order valence-electron chi connectivity index (χ3n) is 3.94. The SMILES string of the molecule is CNCC1CCCN1C(=O)CCNc1ncc(C(F)(F)F)cc1Cl.Cl.Cl. The van der Waals surface area contributed by atoms with E-state index < -0.39 is 11.7 Å². The zero-order chi connectivity index (χ0) is 17.7. The van der Waals surface area contributed by atoms with E-state index in [1.165, 1.54) is 0 Å². The summed E-state index contributed by atoms with van der Waals surface area (Å²) in [5, 5.41) is 5.77. The first kappa shape index (κ1) is 25.0. The lowest BCUT2D eigenvalue weighted by molar-refractivity contribution is -0.137. The second kappa shape index (κ2) is 11.0. The van der Waals surface area contributed by atoms with Gasteiger partial charge in [-0.1, -0.05) is 11.6 Å². The minimum atomic E-state index is -4.48. The lowest BCUT2D eigenvalue weighted by Gasteiger charge is -2.24. The zero-order valence-corrected chi connectivity index (χ0v) is 16.5. The molecule has 0 aliphatic carbocycles. The number of likely N-dealkylation sites (tertiary alicyclic amines) is 1. The zero-order valence-electron chi connectivity index (χ0n) is 14.1. The van der Waals surface area contributed by atoms with E-state index in [1.54, 1.807) is 0 Å². The number of hydrogen-bond acceptors (Lipinski definition) is 4. The first-order valence-corrected chi connectivity index (χ1v) is 8.11. The molecule has 11 heteroatoms. The summed E-state index contributed by atoms with van der Waals surface area (Å²) in [5.74, 6) is 0.161. The highest BCUT2D eigenvalue weighted by molar-refractivity contribution is 6.32. The smallest absolute Gasteiger partial charge is 0.368 e. The van der Waals surface area contributed by atoms with E-state index in [-0.39, 0.29) is 60.6 Å². The Morgan fingerprint density at radius 2 is 2.12 bits per heavy atom. The van der Waals surface area contributed by atoms with Crippen LogP contribution >= 0.6 is 36.4 Å². The van der Waals surface area contributed by atoms with Crippen LogP contribution in [-0.4, -0.2) is 48.5 Å². The maximum atomic E-state index is 12.6. The minimum Gasteiger partial charge on any atom is -0.368 e. The van der Waals surface area contributed by atoms with Gasteiger partial charge < -0.3 is 15.5 Å². The largest absolute Gasteiger partial charge is 0.417 e. The second-order valence-electron chi connectivity index (χ2n) is 5.67. The number of nitrogens with zero attached hydrogens (tertiary/aromatic N) is 2. The fraction of sp³-hybridized carbons (Fsp3) is 0.600. The number of pyridine rings is 1. The molecule has 1 saturated heterocycles. The van der Waals surface area contributed by atoms with Crippen LogP contribution in [0.25, 0.3) is 0 Å². The van der Waals surface area contributed by atoms with Crippen molar-refractivity contribution in [3.8, 4) is 0 Å². The van der Waals surface area contributed by atoms with Crippen LogP contribution in [0.1, 0.15) is 24.8 Å². The number of rotatable bonds is 6. The number of nitrogens with one attached hydrogen (secondary N) is 2. The summed E-state index contributed by atoms with van der Waals surface area (Å²) in [7, 11) is 1.85. The summed E-state index contributed by atoms with van der Waals surface area (Å²) in [5.41, 5.74) is -0.902. The van der Waals surface area contributed by atoms with E-state index >= 15 is 0 Å². The highest BCUT2D eigenvalue weighted by atomic mass is 35.5. The number of likely N-dealkylation sites (N-methyl/N-ethyl adjacent to an activating group) is 1. The minimum absolute atomic E-state index is 0. The van der Waals surface area contributed by atoms with Gasteiger partial charge in [-0.2, -0.15) is 13.2 Å². The van der Waals surface area contributed by atoms with Crippen LogP contribution in [0.2, 0.25) is 5.02 Å². The van der Waals surface area contributed by atoms with E-state index in [1.807, 2.05) is 11.9 Å². The van der Waals surface area contributed by atoms with Gasteiger partial charge in [-0.15, -0.1) is 24.8 Å². The van der Waals surface area contributed by atoms with E-state index in [9.17, 15) is 18.0 Å². The highest BCUT2D eigenvalue weighted by Gasteiger charge is 2.31. The summed E-state index contributed by atoms with van der Waals surface area (Å²) < 4.78 is 37.7. The molecule has 1 unspecified atom stereocenters. The lowest BCUT2D eigenvalue weighted by atomic mass is 10.2. The average Bonchev–Trinajstić information content (AvgIpc) is 2.96. The Balaban J connectivity index is 0.00000312. The molecule has 0 saturated carbocycles. The van der Waals surface area contributed by atoms with E-state index in [2.05, 4.69) is 15.6 Å². The monoisotopic (exact) mass is 436 g/mol. The Kier molecular flexibility index (Phi) is 10.6. The molecule has 0 aromatic carbocycles. The van der Waals surface area contributed by atoms with Crippen molar-refractivity contribution in [2.24, 2.45) is 0 Å². The van der Waals surface area contributed by atoms with Crippen LogP contribution in [0.15, 0.2) is 12.3 Å². The van der Waals surface area contributed by atoms with Crippen LogP contribution in [0.5, 0.6) is 0 Å². The van der Waals surface area contributed by atoms with Crippen molar-refractivity contribution >= 4 is 48.1 Å². The predicted octanol–water partition coefficient (Wildman–Crippen LogP) is 3.61. The fourth-order valence-corrected chi connectivity index (χ4v) is 3.00. The van der Waals surface area contributed by atoms with Gasteiger partial charge in [-0.05, 0) is 26.0 Å². The molecule has 2 rings (SSSR count). The van der Waals surface area contributed by atoms with Crippen LogP contribution in [-0.2, 0) is 11.0 Å². The Hall–Kier alpha value is -0.960. The summed E-state index contributed by atoms with van der Waals surface area (Å²) in [6.07, 6.45) is -1.56. The van der Waals surface area contributed by atoms with E-state index in [0.717, 1.165) is 38.2 Å². The second-order valence-corrected chi connectivity index (χ2v) is 6.08. The van der Waals surface area contributed by atoms with E-state index in [4.69, 9.17) is 11.6 Å². The summed E-state index contributed by atoms with van der Waals surface area (Å²) in [4.78, 5) is 17.8. The molecule has 0 radical (unpaired) electrons. The number of carbonyl (C=O) groups is 1. The molecule has 2 N–H and O–H groups in total. The summed E-state index contributed by atoms with van der Waals surface area (Å²) in [6, 6.07) is 1.03. The van der Waals surface area contributed by atoms with Gasteiger partial charge >= 0.3 is 6.18 Å². The quantitative estimate of drug-likeness (QED) is 0.714. The molecular weight excluding hydrogens is 416 g/mol. The maximum absolute atomic E-state index is 12.6. The normalized spacial score (nSPS) is 16.7. The van der Waals surface area contributed by atoms with Crippen LogP contribution in [0.3, 0.4) is 0 Å². The van der Waals surface area contributed by atoms with Crippen LogP contribution in [0.4, 0.5) is 19.0 Å². The Morgan fingerprint density at radius 1 is 1.42 bits per heavy atom. The molecule has 1 atom stereocenters. The number of carbonyl (C=O) groups excluding carboxylic acids is 1. The maximum Gasteiger partial charge on any atom is 0.417 e. The van der Waals surface area contributed by atoms with Crippen LogP contribution in [0, 0.1) is 0 Å². The van der Waals surface area contributed by atoms with Crippen molar-refractivity contribution in [2.75, 3.05) is 32.0 Å². The number of halogens is 6. The molecule has 150 valence electrons. The van der Waals surface area contributed by atoms with Crippen molar-refractivity contribution in [3.05, 3.63) is 22.8 Å². The molecule has 26 heavy (non-hydrogen) atoms. The van der Waals surface area contributed by atoms with Gasteiger partial charge in [0.2, 0.25) is 5.91 Å². The third-order valence-corrected chi connectivity index (χ3v) is 4.23. The number of hydrogen-bond donors (Lipinski definition) is 2. The Bertz CT molecular complexity index is 590. The number of amides is 1. The summed E-state index contributed by atoms with van der Waals surface area (Å²) >= 11 is 5.81.